The molecule has 2 aromatic rings. The van der Waals surface area contributed by atoms with Crippen LogP contribution in [0.15, 0.2) is 9.59 Å². The van der Waals surface area contributed by atoms with Gasteiger partial charge in [0.1, 0.15) is 5.82 Å². The first-order valence-corrected chi connectivity index (χ1v) is 9.77. The van der Waals surface area contributed by atoms with E-state index in [2.05, 4.69) is 23.7 Å². The van der Waals surface area contributed by atoms with Crippen molar-refractivity contribution < 1.29 is 0 Å². The lowest BCUT2D eigenvalue weighted by Crippen LogP contribution is -2.37. The van der Waals surface area contributed by atoms with Crippen LogP contribution in [0.4, 0.5) is 0 Å². The van der Waals surface area contributed by atoms with Crippen LogP contribution in [0, 0.1) is 6.92 Å². The van der Waals surface area contributed by atoms with Crippen LogP contribution in [0.25, 0.3) is 11.2 Å². The molecule has 0 aliphatic carbocycles. The standard InChI is InChI=1S/C19H33N5O2/c1-6-8-11-23(12-9-7-2)13-10-14-24-15(3)20-17-16(24)18(25)22(5)19(26)21(17)4/h6-14H2,1-5H3. The van der Waals surface area contributed by atoms with Gasteiger partial charge in [-0.2, -0.15) is 0 Å². The Bertz CT molecular complexity index is 838. The lowest BCUT2D eigenvalue weighted by atomic mass is 10.2. The normalized spacial score (nSPS) is 11.8. The Labute approximate surface area is 155 Å². The quantitative estimate of drug-likeness (QED) is 0.648. The molecule has 0 spiro atoms. The third-order valence-corrected chi connectivity index (χ3v) is 5.05. The van der Waals surface area contributed by atoms with Gasteiger partial charge >= 0.3 is 5.69 Å². The fraction of sp³-hybridized carbons (Fsp3) is 0.737. The maximum absolute atomic E-state index is 12.6. The zero-order chi connectivity index (χ0) is 19.3. The van der Waals surface area contributed by atoms with Crippen LogP contribution < -0.4 is 11.2 Å². The van der Waals surface area contributed by atoms with Gasteiger partial charge in [0.2, 0.25) is 0 Å². The Kier molecular flexibility index (Phi) is 7.20. The van der Waals surface area contributed by atoms with Gasteiger partial charge in [-0.05, 0) is 45.8 Å². The van der Waals surface area contributed by atoms with Crippen molar-refractivity contribution in [1.82, 2.24) is 23.6 Å². The first-order chi connectivity index (χ1) is 12.4. The van der Waals surface area contributed by atoms with Gasteiger partial charge in [-0.15, -0.1) is 0 Å². The highest BCUT2D eigenvalue weighted by Gasteiger charge is 2.17. The SMILES string of the molecule is CCCCN(CCCC)CCCn1c(C)nc2c1c(=O)n(C)c(=O)n2C. The Balaban J connectivity index is 2.19. The van der Waals surface area contributed by atoms with Crippen LogP contribution in [-0.4, -0.2) is 43.2 Å². The summed E-state index contributed by atoms with van der Waals surface area (Å²) in [6, 6.07) is 0. The van der Waals surface area contributed by atoms with E-state index in [1.54, 1.807) is 7.05 Å². The van der Waals surface area contributed by atoms with Crippen LogP contribution >= 0.6 is 0 Å². The van der Waals surface area contributed by atoms with E-state index in [9.17, 15) is 9.59 Å². The van der Waals surface area contributed by atoms with Gasteiger partial charge in [-0.3, -0.25) is 13.9 Å². The van der Waals surface area contributed by atoms with Crippen molar-refractivity contribution in [3.05, 3.63) is 26.7 Å². The number of nitrogens with zero attached hydrogens (tertiary/aromatic N) is 5. The molecule has 7 nitrogen and oxygen atoms in total. The van der Waals surface area contributed by atoms with E-state index in [0.717, 1.165) is 43.0 Å². The van der Waals surface area contributed by atoms with Gasteiger partial charge in [0, 0.05) is 20.6 Å². The Morgan fingerprint density at radius 1 is 0.923 bits per heavy atom. The highest BCUT2D eigenvalue weighted by Crippen LogP contribution is 2.11. The Morgan fingerprint density at radius 3 is 2.08 bits per heavy atom. The van der Waals surface area contributed by atoms with Crippen LogP contribution in [0.3, 0.4) is 0 Å². The van der Waals surface area contributed by atoms with Crippen molar-refractivity contribution in [2.45, 2.75) is 59.4 Å². The number of hydrogen-bond acceptors (Lipinski definition) is 4. The maximum Gasteiger partial charge on any atom is 0.332 e. The Hall–Kier alpha value is -1.89. The third-order valence-electron chi connectivity index (χ3n) is 5.05. The van der Waals surface area contributed by atoms with Gasteiger partial charge < -0.3 is 9.47 Å². The molecule has 2 aromatic heterocycles. The van der Waals surface area contributed by atoms with Crippen molar-refractivity contribution in [2.24, 2.45) is 14.1 Å². The highest BCUT2D eigenvalue weighted by atomic mass is 16.2. The van der Waals surface area contributed by atoms with Gasteiger partial charge in [0.05, 0.1) is 0 Å². The fourth-order valence-electron chi connectivity index (χ4n) is 3.38. The summed E-state index contributed by atoms with van der Waals surface area (Å²) in [6.07, 6.45) is 5.82. The van der Waals surface area contributed by atoms with E-state index < -0.39 is 0 Å². The maximum atomic E-state index is 12.6. The number of rotatable bonds is 10. The monoisotopic (exact) mass is 363 g/mol. The molecule has 0 radical (unpaired) electrons. The van der Waals surface area contributed by atoms with Crippen molar-refractivity contribution in [1.29, 1.82) is 0 Å². The van der Waals surface area contributed by atoms with Crippen LogP contribution in [-0.2, 0) is 20.6 Å². The van der Waals surface area contributed by atoms with E-state index in [4.69, 9.17) is 0 Å². The number of unbranched alkanes of at least 4 members (excludes halogenated alkanes) is 2. The molecule has 0 fully saturated rings. The first kappa shape index (κ1) is 20.4. The molecule has 0 aliphatic rings. The van der Waals surface area contributed by atoms with Crippen molar-refractivity contribution >= 4 is 11.2 Å². The minimum absolute atomic E-state index is 0.266. The van der Waals surface area contributed by atoms with Gasteiger partial charge in [0.15, 0.2) is 11.2 Å². The molecule has 0 unspecified atom stereocenters. The molecule has 0 bridgehead atoms. The summed E-state index contributed by atoms with van der Waals surface area (Å²) in [5, 5.41) is 0. The smallest absolute Gasteiger partial charge is 0.322 e. The van der Waals surface area contributed by atoms with E-state index in [0.29, 0.717) is 11.2 Å². The zero-order valence-corrected chi connectivity index (χ0v) is 16.9. The fourth-order valence-corrected chi connectivity index (χ4v) is 3.38. The summed E-state index contributed by atoms with van der Waals surface area (Å²) in [4.78, 5) is 31.7. The Morgan fingerprint density at radius 2 is 1.50 bits per heavy atom. The van der Waals surface area contributed by atoms with Crippen LogP contribution in [0.1, 0.15) is 51.8 Å². The second-order valence-electron chi connectivity index (χ2n) is 7.09. The predicted molar refractivity (Wildman–Crippen MR) is 106 cm³/mol. The van der Waals surface area contributed by atoms with Crippen molar-refractivity contribution in [2.75, 3.05) is 19.6 Å². The molecule has 0 saturated heterocycles. The molecule has 0 saturated carbocycles. The number of hydrogen-bond donors (Lipinski definition) is 0. The second kappa shape index (κ2) is 9.16. The topological polar surface area (TPSA) is 65.1 Å². The number of imidazole rings is 1. The molecular weight excluding hydrogens is 330 g/mol. The molecule has 0 aromatic carbocycles. The second-order valence-corrected chi connectivity index (χ2v) is 7.09. The van der Waals surface area contributed by atoms with Crippen LogP contribution in [0.2, 0.25) is 0 Å². The summed E-state index contributed by atoms with van der Waals surface area (Å²) in [5.41, 5.74) is 0.403. The number of aryl methyl sites for hydroxylation is 3. The molecule has 0 atom stereocenters. The van der Waals surface area contributed by atoms with Gasteiger partial charge in [-0.25, -0.2) is 9.78 Å². The average Bonchev–Trinajstić information content (AvgIpc) is 2.96. The minimum atomic E-state index is -0.336. The molecule has 0 amide bonds. The molecular formula is C19H33N5O2. The molecule has 7 heteroatoms. The third kappa shape index (κ3) is 4.26. The summed E-state index contributed by atoms with van der Waals surface area (Å²) in [6.45, 7) is 10.4. The number of fused-ring (bicyclic) bond motifs is 1. The largest absolute Gasteiger partial charge is 0.332 e. The summed E-state index contributed by atoms with van der Waals surface area (Å²) >= 11 is 0. The molecule has 0 aliphatic heterocycles. The van der Waals surface area contributed by atoms with Crippen LogP contribution in [0.5, 0.6) is 0 Å². The first-order valence-electron chi connectivity index (χ1n) is 9.77. The predicted octanol–water partition coefficient (Wildman–Crippen LogP) is 2.03. The van der Waals surface area contributed by atoms with Gasteiger partial charge in [0.25, 0.3) is 5.56 Å². The number of aromatic nitrogens is 4. The van der Waals surface area contributed by atoms with Crippen molar-refractivity contribution in [3.8, 4) is 0 Å². The van der Waals surface area contributed by atoms with Crippen molar-refractivity contribution in [3.63, 3.8) is 0 Å². The van der Waals surface area contributed by atoms with E-state index in [-0.39, 0.29) is 11.2 Å². The highest BCUT2D eigenvalue weighted by molar-refractivity contribution is 5.70. The minimum Gasteiger partial charge on any atom is -0.322 e. The molecule has 26 heavy (non-hydrogen) atoms. The molecule has 146 valence electrons. The molecule has 0 N–H and O–H groups in total. The van der Waals surface area contributed by atoms with Gasteiger partial charge in [-0.1, -0.05) is 26.7 Å². The lowest BCUT2D eigenvalue weighted by Gasteiger charge is -2.22. The molecule has 2 rings (SSSR count). The average molecular weight is 364 g/mol. The van der Waals surface area contributed by atoms with E-state index in [1.807, 2.05) is 11.5 Å². The molecule has 2 heterocycles. The van der Waals surface area contributed by atoms with E-state index in [1.165, 1.54) is 37.3 Å². The summed E-state index contributed by atoms with van der Waals surface area (Å²) in [7, 11) is 3.19. The summed E-state index contributed by atoms with van der Waals surface area (Å²) in [5.74, 6) is 0.784. The lowest BCUT2D eigenvalue weighted by molar-refractivity contribution is 0.257. The van der Waals surface area contributed by atoms with E-state index >= 15 is 0 Å². The zero-order valence-electron chi connectivity index (χ0n) is 16.9. The summed E-state index contributed by atoms with van der Waals surface area (Å²) < 4.78 is 4.58.